The van der Waals surface area contributed by atoms with Gasteiger partial charge in [-0.25, -0.2) is 4.79 Å². The van der Waals surface area contributed by atoms with Crippen molar-refractivity contribution in [3.05, 3.63) is 46.0 Å². The molecule has 1 saturated heterocycles. The minimum Gasteiger partial charge on any atom is -0.391 e. The van der Waals surface area contributed by atoms with Crippen LogP contribution in [0.4, 0.5) is 5.82 Å². The summed E-state index contributed by atoms with van der Waals surface area (Å²) in [6.45, 7) is 8.94. The van der Waals surface area contributed by atoms with E-state index in [9.17, 15) is 9.59 Å². The van der Waals surface area contributed by atoms with E-state index in [1.165, 1.54) is 23.0 Å². The number of aromatic nitrogens is 2. The Labute approximate surface area is 212 Å². The Balaban J connectivity index is 1.27. The smallest absolute Gasteiger partial charge is 0.351 e. The van der Waals surface area contributed by atoms with Gasteiger partial charge in [0, 0.05) is 11.6 Å². The van der Waals surface area contributed by atoms with Crippen molar-refractivity contribution in [3.63, 3.8) is 0 Å². The summed E-state index contributed by atoms with van der Waals surface area (Å²) in [6, 6.07) is 1.61. The molecule has 0 bridgehead atoms. The van der Waals surface area contributed by atoms with E-state index in [1.807, 2.05) is 0 Å². The number of aliphatic hydroxyl groups excluding tert-OH is 1. The standard InChI is InChI=1S/C28H39N3O5/c1-17(2)18-6-8-21-19(13-18)5-7-20-14-27(3,10-11-28(20,21)4)25(33)29-22-9-12-31(26(34)30-22)23-16-35-24(15-32)36-23/h5,9,12-13,17,20-21,23-24,32H,6-8,10-11,14-16H2,1-4H3,(H,29,30,33,34). The molecular formula is C28H39N3O5. The molecule has 196 valence electrons. The van der Waals surface area contributed by atoms with Gasteiger partial charge >= 0.3 is 5.69 Å². The summed E-state index contributed by atoms with van der Waals surface area (Å²) in [6.07, 6.45) is 11.1. The minimum absolute atomic E-state index is 0.0737. The molecule has 8 nitrogen and oxygen atoms in total. The monoisotopic (exact) mass is 497 g/mol. The summed E-state index contributed by atoms with van der Waals surface area (Å²) < 4.78 is 12.1. The maximum absolute atomic E-state index is 13.4. The number of amides is 1. The molecule has 8 heteroatoms. The molecule has 5 rings (SSSR count). The van der Waals surface area contributed by atoms with Crippen LogP contribution in [0.25, 0.3) is 0 Å². The highest BCUT2D eigenvalue weighted by atomic mass is 16.7. The van der Waals surface area contributed by atoms with Crippen LogP contribution < -0.4 is 11.0 Å². The van der Waals surface area contributed by atoms with Crippen molar-refractivity contribution in [1.82, 2.24) is 9.55 Å². The van der Waals surface area contributed by atoms with Crippen LogP contribution in [0.1, 0.15) is 72.4 Å². The normalized spacial score (nSPS) is 36.1. The van der Waals surface area contributed by atoms with Crippen molar-refractivity contribution < 1.29 is 19.4 Å². The van der Waals surface area contributed by atoms with E-state index in [0.29, 0.717) is 17.8 Å². The number of rotatable bonds is 5. The average Bonchev–Trinajstić information content (AvgIpc) is 3.33. The van der Waals surface area contributed by atoms with Gasteiger partial charge in [-0.1, -0.05) is 45.4 Å². The number of allylic oxidation sites excluding steroid dienone is 4. The Morgan fingerprint density at radius 2 is 2.14 bits per heavy atom. The fraction of sp³-hybridized carbons (Fsp3) is 0.679. The summed E-state index contributed by atoms with van der Waals surface area (Å²) >= 11 is 0. The first-order chi connectivity index (χ1) is 17.1. The molecule has 36 heavy (non-hydrogen) atoms. The SMILES string of the molecule is CC(C)C1=CC2=CCC3CC(C)(C(=O)Nc4ccn(C5COC(CO)O5)c(=O)n4)CCC3(C)C2CC1. The number of carbonyl (C=O) groups is 1. The van der Waals surface area contributed by atoms with Crippen LogP contribution in [0.3, 0.4) is 0 Å². The van der Waals surface area contributed by atoms with Gasteiger partial charge in [-0.3, -0.25) is 9.36 Å². The van der Waals surface area contributed by atoms with Gasteiger partial charge in [0.2, 0.25) is 5.91 Å². The Morgan fingerprint density at radius 3 is 2.83 bits per heavy atom. The van der Waals surface area contributed by atoms with Crippen LogP contribution in [-0.2, 0) is 14.3 Å². The number of hydrogen-bond acceptors (Lipinski definition) is 6. The fourth-order valence-electron chi connectivity index (χ4n) is 6.81. The summed E-state index contributed by atoms with van der Waals surface area (Å²) in [7, 11) is 0. The molecular weight excluding hydrogens is 458 g/mol. The first kappa shape index (κ1) is 25.4. The zero-order chi connectivity index (χ0) is 25.7. The third-order valence-corrected chi connectivity index (χ3v) is 9.31. The molecule has 2 fully saturated rings. The van der Waals surface area contributed by atoms with Crippen molar-refractivity contribution in [2.24, 2.45) is 28.6 Å². The average molecular weight is 498 g/mol. The summed E-state index contributed by atoms with van der Waals surface area (Å²) in [5, 5.41) is 12.1. The topological polar surface area (TPSA) is 103 Å². The van der Waals surface area contributed by atoms with Crippen LogP contribution in [0.15, 0.2) is 40.4 Å². The number of nitrogens with zero attached hydrogens (tertiary/aromatic N) is 2. The molecule has 0 spiro atoms. The Bertz CT molecular complexity index is 1140. The highest BCUT2D eigenvalue weighted by molar-refractivity contribution is 5.94. The highest BCUT2D eigenvalue weighted by Gasteiger charge is 2.53. The van der Waals surface area contributed by atoms with Crippen molar-refractivity contribution in [1.29, 1.82) is 0 Å². The van der Waals surface area contributed by atoms with Gasteiger partial charge in [0.25, 0.3) is 0 Å². The van der Waals surface area contributed by atoms with Crippen molar-refractivity contribution >= 4 is 11.7 Å². The molecule has 3 aliphatic carbocycles. The Kier molecular flexibility index (Phi) is 6.72. The van der Waals surface area contributed by atoms with Gasteiger partial charge in [-0.2, -0.15) is 4.98 Å². The molecule has 0 radical (unpaired) electrons. The van der Waals surface area contributed by atoms with Crippen molar-refractivity contribution in [2.45, 2.75) is 78.7 Å². The summed E-state index contributed by atoms with van der Waals surface area (Å²) in [5.41, 5.74) is 2.27. The number of carbonyl (C=O) groups excluding carboxylic acids is 1. The first-order valence-corrected chi connectivity index (χ1v) is 13.3. The molecule has 1 saturated carbocycles. The largest absolute Gasteiger partial charge is 0.391 e. The lowest BCUT2D eigenvalue weighted by Gasteiger charge is -2.55. The maximum Gasteiger partial charge on any atom is 0.351 e. The van der Waals surface area contributed by atoms with Gasteiger partial charge in [-0.15, -0.1) is 0 Å². The van der Waals surface area contributed by atoms with Crippen molar-refractivity contribution in [2.75, 3.05) is 18.5 Å². The number of fused-ring (bicyclic) bond motifs is 3. The Morgan fingerprint density at radius 1 is 1.33 bits per heavy atom. The van der Waals surface area contributed by atoms with Crippen LogP contribution in [0.2, 0.25) is 0 Å². The number of ether oxygens (including phenoxy) is 2. The predicted molar refractivity (Wildman–Crippen MR) is 136 cm³/mol. The lowest BCUT2D eigenvalue weighted by molar-refractivity contribution is -0.131. The molecule has 1 aromatic heterocycles. The zero-order valence-corrected chi connectivity index (χ0v) is 21.8. The number of aliphatic hydroxyl groups is 1. The second kappa shape index (κ2) is 9.54. The molecule has 2 heterocycles. The van der Waals surface area contributed by atoms with Gasteiger partial charge < -0.3 is 19.9 Å². The molecule has 6 atom stereocenters. The van der Waals surface area contributed by atoms with E-state index in [1.54, 1.807) is 17.8 Å². The molecule has 1 aromatic rings. The quantitative estimate of drug-likeness (QED) is 0.633. The van der Waals surface area contributed by atoms with Gasteiger partial charge in [0.05, 0.1) is 13.2 Å². The van der Waals surface area contributed by atoms with Crippen LogP contribution in [0, 0.1) is 28.6 Å². The molecule has 2 N–H and O–H groups in total. The third-order valence-electron chi connectivity index (χ3n) is 9.31. The van der Waals surface area contributed by atoms with E-state index >= 15 is 0 Å². The van der Waals surface area contributed by atoms with Crippen LogP contribution >= 0.6 is 0 Å². The first-order valence-electron chi connectivity index (χ1n) is 13.3. The van der Waals surface area contributed by atoms with E-state index in [0.717, 1.165) is 25.7 Å². The van der Waals surface area contributed by atoms with Crippen LogP contribution in [0.5, 0.6) is 0 Å². The van der Waals surface area contributed by atoms with Gasteiger partial charge in [0.1, 0.15) is 5.82 Å². The summed E-state index contributed by atoms with van der Waals surface area (Å²) in [4.78, 5) is 30.1. The van der Waals surface area contributed by atoms with Gasteiger partial charge in [0.15, 0.2) is 12.5 Å². The maximum atomic E-state index is 13.4. The van der Waals surface area contributed by atoms with Crippen LogP contribution in [-0.4, -0.2) is 40.1 Å². The molecule has 0 aromatic carbocycles. The molecule has 6 unspecified atom stereocenters. The Hall–Kier alpha value is -2.29. The van der Waals surface area contributed by atoms with E-state index < -0.39 is 23.6 Å². The van der Waals surface area contributed by atoms with E-state index in [4.69, 9.17) is 14.6 Å². The van der Waals surface area contributed by atoms with E-state index in [2.05, 4.69) is 50.1 Å². The third kappa shape index (κ3) is 4.48. The molecule has 1 aliphatic heterocycles. The lowest BCUT2D eigenvalue weighted by atomic mass is 9.49. The molecule has 4 aliphatic rings. The number of anilines is 1. The van der Waals surface area contributed by atoms with E-state index in [-0.39, 0.29) is 30.4 Å². The molecule has 1 amide bonds. The lowest BCUT2D eigenvalue weighted by Crippen LogP contribution is -2.49. The van der Waals surface area contributed by atoms with Gasteiger partial charge in [-0.05, 0) is 73.3 Å². The minimum atomic E-state index is -0.745. The summed E-state index contributed by atoms with van der Waals surface area (Å²) in [5.74, 6) is 1.81. The zero-order valence-electron chi connectivity index (χ0n) is 21.8. The highest BCUT2D eigenvalue weighted by Crippen LogP contribution is 2.60. The van der Waals surface area contributed by atoms with Crippen molar-refractivity contribution in [3.8, 4) is 0 Å². The fourth-order valence-corrected chi connectivity index (χ4v) is 6.81. The predicted octanol–water partition coefficient (Wildman–Crippen LogP) is 4.18. The second-order valence-electron chi connectivity index (χ2n) is 11.9. The number of nitrogens with one attached hydrogen (secondary N) is 1. The second-order valence-corrected chi connectivity index (χ2v) is 11.9. The number of hydrogen-bond donors (Lipinski definition) is 2.